The van der Waals surface area contributed by atoms with E-state index in [1.165, 1.54) is 262 Å². The summed E-state index contributed by atoms with van der Waals surface area (Å²) in [6.07, 6.45) is 13.4. The minimum Gasteiger partial charge on any atom is -0.310 e. The van der Waals surface area contributed by atoms with Gasteiger partial charge in [0.05, 0.1) is 5.69 Å². The van der Waals surface area contributed by atoms with E-state index in [2.05, 4.69) is 421 Å². The molecule has 0 heterocycles. The summed E-state index contributed by atoms with van der Waals surface area (Å²) in [7, 11) is 0. The SMILES string of the molecule is CC(C)c1ccc(C(c2ccc(C3CCCCC3)cc2)c2cc3c4ccccc4c(N(c4ccc(C(C)C)cc4)c4ccc(C5CCCCC5)cc4)cc3c3ccccc23)cc1.c1ccc(-c2ccccc2-c2c3ccccc3c(-c3cccc(-c4c5ccccc5c(-c5ccccc5-c5ccccc5)c5ccccc45)c3)c3ccccc23)cc1. The van der Waals surface area contributed by atoms with Crippen LogP contribution in [0.1, 0.15) is 160 Å². The van der Waals surface area contributed by atoms with Crippen LogP contribution < -0.4 is 4.90 Å². The Labute approximate surface area is 708 Å². The van der Waals surface area contributed by atoms with E-state index in [1.807, 2.05) is 0 Å². The fourth-order valence-corrected chi connectivity index (χ4v) is 20.6. The Hall–Kier alpha value is -13.2. The zero-order valence-corrected chi connectivity index (χ0v) is 69.4. The normalized spacial score (nSPS) is 13.7. The van der Waals surface area contributed by atoms with Gasteiger partial charge in [-0.3, -0.25) is 0 Å². The Bertz CT molecular complexity index is 6410. The molecule has 19 aromatic rings. The zero-order valence-electron chi connectivity index (χ0n) is 69.4. The molecule has 2 aliphatic carbocycles. The standard InChI is InChI=1S/C61H63N.C58H38/c1-41(2)43-23-27-49(28-24-43)61(50-29-25-47(26-30-50)45-15-7-5-8-16-45)59-39-57-55-21-13-14-22-56(55)60(40-58(57)53-19-11-12-20-54(53)59)62(51-35-31-44(32-36-51)42(3)4)52-37-33-48(34-38-52)46-17-9-6-10-18-46;1-3-20-39(21-4-1)43-26-7-9-28-45(43)57-51-34-15-11-30-47(51)55(48-31-12-16-35-52(48)57)41-24-19-25-42(38-41)56-49-32-13-17-36-53(49)58(54-37-18-14-33-50(54)56)46-29-10-8-27-44(46)40-22-5-2-6-23-40/h11-14,19-42,45-46,61H,5-10,15-18H2,1-4H3;1-38H. The van der Waals surface area contributed by atoms with E-state index in [1.54, 1.807) is 0 Å². The van der Waals surface area contributed by atoms with Crippen molar-refractivity contribution in [1.82, 2.24) is 0 Å². The zero-order chi connectivity index (χ0) is 80.6. The summed E-state index contributed by atoms with van der Waals surface area (Å²) in [5.74, 6) is 2.41. The van der Waals surface area contributed by atoms with Crippen LogP contribution in [-0.4, -0.2) is 0 Å². The third-order valence-electron chi connectivity index (χ3n) is 26.6. The van der Waals surface area contributed by atoms with Gasteiger partial charge >= 0.3 is 0 Å². The number of hydrogen-bond donors (Lipinski definition) is 0. The highest BCUT2D eigenvalue weighted by atomic mass is 15.1. The van der Waals surface area contributed by atoms with Gasteiger partial charge < -0.3 is 4.90 Å². The van der Waals surface area contributed by atoms with Crippen LogP contribution in [0.5, 0.6) is 0 Å². The first-order chi connectivity index (χ1) is 59.2. The van der Waals surface area contributed by atoms with E-state index in [-0.39, 0.29) is 5.92 Å². The van der Waals surface area contributed by atoms with Gasteiger partial charge in [0.2, 0.25) is 0 Å². The number of benzene rings is 19. The molecule has 1 unspecified atom stereocenters. The summed E-state index contributed by atoms with van der Waals surface area (Å²) < 4.78 is 0. The highest BCUT2D eigenvalue weighted by molar-refractivity contribution is 6.26. The molecule has 0 saturated heterocycles. The molecule has 0 bridgehead atoms. The molecule has 0 amide bonds. The maximum absolute atomic E-state index is 2.56. The van der Waals surface area contributed by atoms with Crippen molar-refractivity contribution in [3.63, 3.8) is 0 Å². The molecule has 2 saturated carbocycles. The largest absolute Gasteiger partial charge is 0.310 e. The first kappa shape index (κ1) is 75.5. The predicted molar refractivity (Wildman–Crippen MR) is 516 cm³/mol. The Morgan fingerprint density at radius 1 is 0.217 bits per heavy atom. The summed E-state index contributed by atoms with van der Waals surface area (Å²) in [5.41, 5.74) is 28.3. The van der Waals surface area contributed by atoms with Gasteiger partial charge in [0.15, 0.2) is 0 Å². The molecule has 1 heteroatoms. The van der Waals surface area contributed by atoms with Crippen molar-refractivity contribution in [2.75, 3.05) is 4.90 Å². The highest BCUT2D eigenvalue weighted by Crippen LogP contribution is 2.53. The van der Waals surface area contributed by atoms with Crippen LogP contribution in [0.4, 0.5) is 17.1 Å². The van der Waals surface area contributed by atoms with E-state index in [4.69, 9.17) is 0 Å². The lowest BCUT2D eigenvalue weighted by Crippen LogP contribution is -2.12. The highest BCUT2D eigenvalue weighted by Gasteiger charge is 2.28. The van der Waals surface area contributed by atoms with Crippen LogP contribution in [0.25, 0.3) is 142 Å². The van der Waals surface area contributed by atoms with Crippen LogP contribution in [-0.2, 0) is 0 Å². The van der Waals surface area contributed by atoms with Crippen LogP contribution in [0, 0.1) is 0 Å². The average Bonchev–Trinajstić information content (AvgIpc) is 0.732. The van der Waals surface area contributed by atoms with Crippen molar-refractivity contribution in [2.45, 2.75) is 121 Å². The van der Waals surface area contributed by atoms with Crippen molar-refractivity contribution in [3.8, 4) is 66.8 Å². The molecule has 2 fully saturated rings. The van der Waals surface area contributed by atoms with Gasteiger partial charge in [-0.25, -0.2) is 0 Å². The molecule has 0 spiro atoms. The summed E-state index contributed by atoms with van der Waals surface area (Å²) in [6, 6.07) is 146. The topological polar surface area (TPSA) is 3.24 Å². The van der Waals surface area contributed by atoms with Gasteiger partial charge in [-0.05, 0) is 268 Å². The number of nitrogens with zero attached hydrogens (tertiary/aromatic N) is 1. The van der Waals surface area contributed by atoms with Gasteiger partial charge in [-0.15, -0.1) is 0 Å². The van der Waals surface area contributed by atoms with Crippen LogP contribution in [0.15, 0.2) is 388 Å². The number of hydrogen-bond acceptors (Lipinski definition) is 1. The Morgan fingerprint density at radius 3 is 0.933 bits per heavy atom. The minimum absolute atomic E-state index is 0.0861. The molecule has 1 atom stereocenters. The molecular weight excluding hydrogens is 1440 g/mol. The molecule has 1 nitrogen and oxygen atoms in total. The van der Waals surface area contributed by atoms with Crippen molar-refractivity contribution in [1.29, 1.82) is 0 Å². The molecule has 0 radical (unpaired) electrons. The second-order valence-electron chi connectivity index (χ2n) is 34.4. The fourth-order valence-electron chi connectivity index (χ4n) is 20.6. The molecule has 2 aliphatic rings. The monoisotopic (exact) mass is 1540 g/mol. The first-order valence-electron chi connectivity index (χ1n) is 44.1. The third kappa shape index (κ3) is 14.3. The average molecular weight is 1550 g/mol. The third-order valence-corrected chi connectivity index (χ3v) is 26.6. The maximum Gasteiger partial charge on any atom is 0.0546 e. The van der Waals surface area contributed by atoms with Gasteiger partial charge in [-0.2, -0.15) is 0 Å². The quantitative estimate of drug-likeness (QED) is 0.0529. The van der Waals surface area contributed by atoms with E-state index in [0.29, 0.717) is 23.7 Å². The number of fused-ring (bicyclic) bond motifs is 9. The molecule has 582 valence electrons. The van der Waals surface area contributed by atoms with Crippen LogP contribution >= 0.6 is 0 Å². The van der Waals surface area contributed by atoms with E-state index in [0.717, 1.165) is 0 Å². The fraction of sp³-hybridized carbons (Fsp3) is 0.160. The lowest BCUT2D eigenvalue weighted by molar-refractivity contribution is 0.443. The molecule has 0 N–H and O–H groups in total. The molecule has 0 aromatic heterocycles. The number of rotatable bonds is 16. The first-order valence-corrected chi connectivity index (χ1v) is 44.1. The Kier molecular flexibility index (Phi) is 21.0. The number of anilines is 3. The molecular formula is C119H101N. The van der Waals surface area contributed by atoms with Gasteiger partial charge in [0, 0.05) is 22.7 Å². The van der Waals surface area contributed by atoms with E-state index in [9.17, 15) is 0 Å². The smallest absolute Gasteiger partial charge is 0.0546 e. The maximum atomic E-state index is 2.56. The van der Waals surface area contributed by atoms with Crippen molar-refractivity contribution >= 4 is 92.5 Å². The van der Waals surface area contributed by atoms with Gasteiger partial charge in [-0.1, -0.05) is 412 Å². The van der Waals surface area contributed by atoms with Crippen molar-refractivity contribution < 1.29 is 0 Å². The Balaban J connectivity index is 0.000000154. The minimum atomic E-state index is 0.0861. The summed E-state index contributed by atoms with van der Waals surface area (Å²) in [4.78, 5) is 2.52. The predicted octanol–water partition coefficient (Wildman–Crippen LogP) is 34.4. The molecule has 19 aromatic carbocycles. The van der Waals surface area contributed by atoms with Crippen molar-refractivity contribution in [3.05, 3.63) is 427 Å². The summed E-state index contributed by atoms with van der Waals surface area (Å²) in [5, 5.41) is 17.8. The van der Waals surface area contributed by atoms with Crippen LogP contribution in [0.3, 0.4) is 0 Å². The van der Waals surface area contributed by atoms with Gasteiger partial charge in [0.25, 0.3) is 0 Å². The summed E-state index contributed by atoms with van der Waals surface area (Å²) >= 11 is 0. The molecule has 0 aliphatic heterocycles. The molecule has 21 rings (SSSR count). The summed E-state index contributed by atoms with van der Waals surface area (Å²) in [6.45, 7) is 9.15. The van der Waals surface area contributed by atoms with E-state index >= 15 is 0 Å². The Morgan fingerprint density at radius 2 is 0.517 bits per heavy atom. The second kappa shape index (κ2) is 33.3. The van der Waals surface area contributed by atoms with Crippen LogP contribution in [0.2, 0.25) is 0 Å². The lowest BCUT2D eigenvalue weighted by Gasteiger charge is -2.29. The van der Waals surface area contributed by atoms with Gasteiger partial charge in [0.1, 0.15) is 0 Å². The lowest BCUT2D eigenvalue weighted by atomic mass is 9.79. The van der Waals surface area contributed by atoms with E-state index < -0.39 is 0 Å². The second-order valence-corrected chi connectivity index (χ2v) is 34.4. The molecule has 120 heavy (non-hydrogen) atoms. The van der Waals surface area contributed by atoms with Crippen molar-refractivity contribution in [2.24, 2.45) is 0 Å².